The summed E-state index contributed by atoms with van der Waals surface area (Å²) in [7, 11) is 0. The number of piperidine rings is 1. The molecular formula is C16H23N3. The average Bonchev–Trinajstić information content (AvgIpc) is 2.42. The molecule has 0 amide bonds. The first-order valence-electron chi connectivity index (χ1n) is 7.07. The Hall–Kier alpha value is -1.37. The van der Waals surface area contributed by atoms with Gasteiger partial charge in [0.25, 0.3) is 0 Å². The molecule has 1 aliphatic heterocycles. The quantitative estimate of drug-likeness (QED) is 0.904. The molecule has 0 radical (unpaired) electrons. The molecule has 1 fully saturated rings. The molecule has 2 rings (SSSR count). The summed E-state index contributed by atoms with van der Waals surface area (Å²) in [6.45, 7) is 7.21. The van der Waals surface area contributed by atoms with E-state index in [2.05, 4.69) is 30.9 Å². The Morgan fingerprint density at radius 3 is 2.89 bits per heavy atom. The van der Waals surface area contributed by atoms with Crippen molar-refractivity contribution >= 4 is 0 Å². The lowest BCUT2D eigenvalue weighted by atomic mass is 9.91. The number of aryl methyl sites for hydroxylation is 1. The van der Waals surface area contributed by atoms with Crippen LogP contribution in [0.3, 0.4) is 0 Å². The van der Waals surface area contributed by atoms with E-state index in [0.29, 0.717) is 6.04 Å². The van der Waals surface area contributed by atoms with Gasteiger partial charge in [-0.3, -0.25) is 4.90 Å². The molecule has 102 valence electrons. The van der Waals surface area contributed by atoms with Crippen molar-refractivity contribution in [1.29, 1.82) is 5.26 Å². The maximum atomic E-state index is 8.91. The van der Waals surface area contributed by atoms with Crippen molar-refractivity contribution in [2.75, 3.05) is 13.1 Å². The second-order valence-corrected chi connectivity index (χ2v) is 5.74. The molecule has 1 aromatic rings. The molecule has 2 N–H and O–H groups in total. The van der Waals surface area contributed by atoms with Crippen LogP contribution >= 0.6 is 0 Å². The normalized spacial score (nSPS) is 24.1. The third-order valence-corrected chi connectivity index (χ3v) is 4.22. The fourth-order valence-electron chi connectivity index (χ4n) is 2.92. The summed E-state index contributed by atoms with van der Waals surface area (Å²) >= 11 is 0. The van der Waals surface area contributed by atoms with E-state index >= 15 is 0 Å². The van der Waals surface area contributed by atoms with Crippen molar-refractivity contribution in [3.05, 3.63) is 34.9 Å². The highest BCUT2D eigenvalue weighted by Gasteiger charge is 2.25. The van der Waals surface area contributed by atoms with E-state index in [1.54, 1.807) is 0 Å². The summed E-state index contributed by atoms with van der Waals surface area (Å²) in [6.07, 6.45) is 2.46. The third-order valence-electron chi connectivity index (χ3n) is 4.22. The van der Waals surface area contributed by atoms with E-state index in [4.69, 9.17) is 11.0 Å². The Balaban J connectivity index is 2.10. The second-order valence-electron chi connectivity index (χ2n) is 5.74. The monoisotopic (exact) mass is 257 g/mol. The summed E-state index contributed by atoms with van der Waals surface area (Å²) in [5.74, 6) is 0.784. The van der Waals surface area contributed by atoms with Gasteiger partial charge in [-0.2, -0.15) is 5.26 Å². The number of nitriles is 1. The molecule has 0 spiro atoms. The van der Waals surface area contributed by atoms with Gasteiger partial charge in [0.2, 0.25) is 0 Å². The molecule has 3 nitrogen and oxygen atoms in total. The van der Waals surface area contributed by atoms with Crippen molar-refractivity contribution in [1.82, 2.24) is 4.90 Å². The first-order chi connectivity index (χ1) is 9.13. The molecule has 1 aliphatic rings. The lowest BCUT2D eigenvalue weighted by molar-refractivity contribution is 0.115. The minimum Gasteiger partial charge on any atom is -0.329 e. The van der Waals surface area contributed by atoms with Gasteiger partial charge >= 0.3 is 0 Å². The lowest BCUT2D eigenvalue weighted by Gasteiger charge is -2.38. The van der Waals surface area contributed by atoms with Crippen LogP contribution in [-0.4, -0.2) is 24.0 Å². The molecule has 0 aromatic heterocycles. The standard InChI is InChI=1S/C16H23N3/c1-12-5-6-19(16(7-12)10-18)11-15-4-3-14(9-17)8-13(15)2/h3-4,8,12,16H,5-7,10-11,18H2,1-2H3. The van der Waals surface area contributed by atoms with Gasteiger partial charge in [-0.1, -0.05) is 13.0 Å². The zero-order valence-electron chi connectivity index (χ0n) is 11.9. The minimum absolute atomic E-state index is 0.499. The summed E-state index contributed by atoms with van der Waals surface area (Å²) in [5.41, 5.74) is 9.16. The Bertz CT molecular complexity index is 475. The van der Waals surface area contributed by atoms with Crippen molar-refractivity contribution in [2.45, 2.75) is 39.3 Å². The first-order valence-corrected chi connectivity index (χ1v) is 7.07. The van der Waals surface area contributed by atoms with Gasteiger partial charge in [0.15, 0.2) is 0 Å². The molecule has 1 saturated heterocycles. The molecule has 1 aromatic carbocycles. The minimum atomic E-state index is 0.499. The van der Waals surface area contributed by atoms with Gasteiger partial charge in [0, 0.05) is 19.1 Å². The number of nitrogens with zero attached hydrogens (tertiary/aromatic N) is 2. The van der Waals surface area contributed by atoms with Gasteiger partial charge in [-0.05, 0) is 55.5 Å². The second kappa shape index (κ2) is 6.18. The van der Waals surface area contributed by atoms with Crippen LogP contribution in [0.15, 0.2) is 18.2 Å². The molecular weight excluding hydrogens is 234 g/mol. The predicted octanol–water partition coefficient (Wildman–Crippen LogP) is 2.43. The largest absolute Gasteiger partial charge is 0.329 e. The number of hydrogen-bond donors (Lipinski definition) is 1. The molecule has 2 unspecified atom stereocenters. The van der Waals surface area contributed by atoms with Gasteiger partial charge in [0.1, 0.15) is 0 Å². The van der Waals surface area contributed by atoms with Crippen LogP contribution in [0.5, 0.6) is 0 Å². The molecule has 0 aliphatic carbocycles. The van der Waals surface area contributed by atoms with E-state index in [-0.39, 0.29) is 0 Å². The van der Waals surface area contributed by atoms with Crippen molar-refractivity contribution in [3.63, 3.8) is 0 Å². The van der Waals surface area contributed by atoms with Crippen LogP contribution in [0.4, 0.5) is 0 Å². The fourth-order valence-corrected chi connectivity index (χ4v) is 2.92. The zero-order chi connectivity index (χ0) is 13.8. The maximum Gasteiger partial charge on any atom is 0.0991 e. The van der Waals surface area contributed by atoms with E-state index in [9.17, 15) is 0 Å². The van der Waals surface area contributed by atoms with Gasteiger partial charge in [-0.15, -0.1) is 0 Å². The Kier molecular flexibility index (Phi) is 4.57. The van der Waals surface area contributed by atoms with E-state index in [1.807, 2.05) is 12.1 Å². The van der Waals surface area contributed by atoms with Crippen molar-refractivity contribution < 1.29 is 0 Å². The van der Waals surface area contributed by atoms with Crippen LogP contribution in [0.25, 0.3) is 0 Å². The average molecular weight is 257 g/mol. The highest BCUT2D eigenvalue weighted by molar-refractivity contribution is 5.37. The van der Waals surface area contributed by atoms with Crippen molar-refractivity contribution in [2.24, 2.45) is 11.7 Å². The van der Waals surface area contributed by atoms with Gasteiger partial charge in [0.05, 0.1) is 11.6 Å². The first kappa shape index (κ1) is 14.0. The van der Waals surface area contributed by atoms with E-state index < -0.39 is 0 Å². The van der Waals surface area contributed by atoms with Crippen LogP contribution < -0.4 is 5.73 Å². The predicted molar refractivity (Wildman–Crippen MR) is 77.5 cm³/mol. The maximum absolute atomic E-state index is 8.91. The smallest absolute Gasteiger partial charge is 0.0991 e. The molecule has 2 atom stereocenters. The fraction of sp³-hybridized carbons (Fsp3) is 0.562. The molecule has 0 bridgehead atoms. The summed E-state index contributed by atoms with van der Waals surface area (Å²) in [4.78, 5) is 2.49. The SMILES string of the molecule is Cc1cc(C#N)ccc1CN1CCC(C)CC1CN. The van der Waals surface area contributed by atoms with E-state index in [0.717, 1.165) is 31.1 Å². The molecule has 0 saturated carbocycles. The van der Waals surface area contributed by atoms with Crippen LogP contribution in [0.2, 0.25) is 0 Å². The highest BCUT2D eigenvalue weighted by Crippen LogP contribution is 2.24. The molecule has 1 heterocycles. The Morgan fingerprint density at radius 1 is 1.47 bits per heavy atom. The van der Waals surface area contributed by atoms with Crippen LogP contribution in [-0.2, 0) is 6.54 Å². The zero-order valence-corrected chi connectivity index (χ0v) is 11.9. The Morgan fingerprint density at radius 2 is 2.26 bits per heavy atom. The number of hydrogen-bond acceptors (Lipinski definition) is 3. The third kappa shape index (κ3) is 3.34. The summed E-state index contributed by atoms with van der Waals surface area (Å²) < 4.78 is 0. The van der Waals surface area contributed by atoms with Crippen molar-refractivity contribution in [3.8, 4) is 6.07 Å². The van der Waals surface area contributed by atoms with Crippen LogP contribution in [0, 0.1) is 24.2 Å². The number of likely N-dealkylation sites (tertiary alicyclic amines) is 1. The van der Waals surface area contributed by atoms with E-state index in [1.165, 1.54) is 24.0 Å². The Labute approximate surface area is 116 Å². The van der Waals surface area contributed by atoms with Gasteiger partial charge in [-0.25, -0.2) is 0 Å². The molecule has 3 heteroatoms. The number of nitrogens with two attached hydrogens (primary N) is 1. The van der Waals surface area contributed by atoms with Gasteiger partial charge < -0.3 is 5.73 Å². The highest BCUT2D eigenvalue weighted by atomic mass is 15.2. The topological polar surface area (TPSA) is 53.0 Å². The molecule has 19 heavy (non-hydrogen) atoms. The van der Waals surface area contributed by atoms with Crippen LogP contribution in [0.1, 0.15) is 36.5 Å². The lowest BCUT2D eigenvalue weighted by Crippen LogP contribution is -2.45. The number of benzene rings is 1. The summed E-state index contributed by atoms with van der Waals surface area (Å²) in [6, 6.07) is 8.65. The summed E-state index contributed by atoms with van der Waals surface area (Å²) in [5, 5.41) is 8.91. The number of rotatable bonds is 3.